The molecule has 3 heteroatoms. The van der Waals surface area contributed by atoms with Gasteiger partial charge in [-0.1, -0.05) is 20.8 Å². The molecule has 2 N–H and O–H groups in total. The fourth-order valence-corrected chi connectivity index (χ4v) is 2.70. The van der Waals surface area contributed by atoms with E-state index in [0.29, 0.717) is 11.5 Å². The molecule has 1 heterocycles. The smallest absolute Gasteiger partial charge is 0.0342 e. The number of likely N-dealkylation sites (N-methyl/N-ethyl adjacent to an activating group) is 1. The van der Waals surface area contributed by atoms with Crippen molar-refractivity contribution >= 4 is 0 Å². The summed E-state index contributed by atoms with van der Waals surface area (Å²) in [6, 6.07) is 0.526. The first kappa shape index (κ1) is 12.9. The molecule has 1 aliphatic rings. The van der Waals surface area contributed by atoms with Crippen molar-refractivity contribution in [2.24, 2.45) is 11.1 Å². The van der Waals surface area contributed by atoms with Gasteiger partial charge in [-0.05, 0) is 25.4 Å². The molecule has 1 saturated heterocycles. The van der Waals surface area contributed by atoms with E-state index in [9.17, 15) is 0 Å². The molecule has 0 amide bonds. The van der Waals surface area contributed by atoms with Gasteiger partial charge < -0.3 is 15.5 Å². The summed E-state index contributed by atoms with van der Waals surface area (Å²) >= 11 is 0. The van der Waals surface area contributed by atoms with Crippen LogP contribution in [0.3, 0.4) is 0 Å². The number of hydrogen-bond donors (Lipinski definition) is 1. The van der Waals surface area contributed by atoms with Gasteiger partial charge in [-0.3, -0.25) is 0 Å². The van der Waals surface area contributed by atoms with Crippen molar-refractivity contribution in [3.8, 4) is 0 Å². The molecule has 0 aliphatic carbocycles. The van der Waals surface area contributed by atoms with Crippen molar-refractivity contribution in [2.45, 2.75) is 33.2 Å². The van der Waals surface area contributed by atoms with Crippen LogP contribution < -0.4 is 5.73 Å². The van der Waals surface area contributed by atoms with E-state index < -0.39 is 0 Å². The molecule has 0 aromatic rings. The Balaban J connectivity index is 2.68. The summed E-state index contributed by atoms with van der Waals surface area (Å²) in [5.41, 5.74) is 6.22. The first-order valence-corrected chi connectivity index (χ1v) is 6.11. The zero-order valence-electron chi connectivity index (χ0n) is 10.8. The van der Waals surface area contributed by atoms with Gasteiger partial charge in [-0.25, -0.2) is 0 Å². The van der Waals surface area contributed by atoms with Crippen LogP contribution in [-0.4, -0.2) is 55.6 Å². The molecule has 0 saturated carbocycles. The summed E-state index contributed by atoms with van der Waals surface area (Å²) in [4.78, 5) is 5.00. The Morgan fingerprint density at radius 1 is 1.33 bits per heavy atom. The number of hydrogen-bond acceptors (Lipinski definition) is 3. The van der Waals surface area contributed by atoms with Gasteiger partial charge in [0.05, 0.1) is 0 Å². The van der Waals surface area contributed by atoms with Crippen LogP contribution >= 0.6 is 0 Å². The van der Waals surface area contributed by atoms with E-state index in [1.165, 1.54) is 19.5 Å². The first-order chi connectivity index (χ1) is 6.98. The largest absolute Gasteiger partial charge is 0.329 e. The van der Waals surface area contributed by atoms with Gasteiger partial charge in [0.2, 0.25) is 0 Å². The Morgan fingerprint density at radius 2 is 2.00 bits per heavy atom. The van der Waals surface area contributed by atoms with Crippen LogP contribution in [0.15, 0.2) is 0 Å². The second-order valence-corrected chi connectivity index (χ2v) is 5.70. The molecule has 3 nitrogen and oxygen atoms in total. The molecule has 0 bridgehead atoms. The second kappa shape index (κ2) is 5.28. The van der Waals surface area contributed by atoms with Gasteiger partial charge in [0.15, 0.2) is 0 Å². The molecular formula is C12H27N3. The molecule has 1 unspecified atom stereocenters. The van der Waals surface area contributed by atoms with Crippen molar-refractivity contribution in [3.05, 3.63) is 0 Å². The minimum atomic E-state index is 0.383. The maximum absolute atomic E-state index is 5.84. The van der Waals surface area contributed by atoms with E-state index in [4.69, 9.17) is 5.73 Å². The van der Waals surface area contributed by atoms with Gasteiger partial charge in [0.25, 0.3) is 0 Å². The lowest BCUT2D eigenvalue weighted by Gasteiger charge is -2.30. The minimum absolute atomic E-state index is 0.383. The lowest BCUT2D eigenvalue weighted by Crippen LogP contribution is -2.44. The van der Waals surface area contributed by atoms with Gasteiger partial charge in [0.1, 0.15) is 0 Å². The zero-order valence-corrected chi connectivity index (χ0v) is 10.8. The summed E-state index contributed by atoms with van der Waals surface area (Å²) in [5.74, 6) is 0. The lowest BCUT2D eigenvalue weighted by atomic mass is 9.92. The Bertz CT molecular complexity index is 191. The fourth-order valence-electron chi connectivity index (χ4n) is 2.70. The summed E-state index contributed by atoms with van der Waals surface area (Å²) < 4.78 is 0. The number of rotatable bonds is 3. The predicted molar refractivity (Wildman–Crippen MR) is 66.0 cm³/mol. The van der Waals surface area contributed by atoms with E-state index in [0.717, 1.165) is 19.6 Å². The normalized spacial score (nSPS) is 29.0. The topological polar surface area (TPSA) is 32.5 Å². The Kier molecular flexibility index (Phi) is 4.56. The van der Waals surface area contributed by atoms with E-state index in [1.807, 2.05) is 0 Å². The highest BCUT2D eigenvalue weighted by Gasteiger charge is 2.31. The van der Waals surface area contributed by atoms with Crippen LogP contribution in [0.4, 0.5) is 0 Å². The highest BCUT2D eigenvalue weighted by atomic mass is 15.2. The maximum atomic E-state index is 5.84. The SMILES string of the molecule is CCCN1CC(CN)N(C)CC(C)(C)C1. The highest BCUT2D eigenvalue weighted by Crippen LogP contribution is 2.23. The Labute approximate surface area is 94.6 Å². The second-order valence-electron chi connectivity index (χ2n) is 5.70. The molecule has 1 aliphatic heterocycles. The van der Waals surface area contributed by atoms with E-state index in [1.54, 1.807) is 0 Å². The van der Waals surface area contributed by atoms with Gasteiger partial charge in [0, 0.05) is 32.2 Å². The zero-order chi connectivity index (χ0) is 11.5. The third-order valence-corrected chi connectivity index (χ3v) is 3.23. The van der Waals surface area contributed by atoms with Crippen LogP contribution in [0.25, 0.3) is 0 Å². The van der Waals surface area contributed by atoms with E-state index in [2.05, 4.69) is 37.6 Å². The third kappa shape index (κ3) is 3.74. The van der Waals surface area contributed by atoms with Crippen LogP contribution in [0.5, 0.6) is 0 Å². The monoisotopic (exact) mass is 213 g/mol. The maximum Gasteiger partial charge on any atom is 0.0342 e. The summed E-state index contributed by atoms with van der Waals surface area (Å²) in [5, 5.41) is 0. The van der Waals surface area contributed by atoms with Gasteiger partial charge in [-0.15, -0.1) is 0 Å². The fraction of sp³-hybridized carbons (Fsp3) is 1.00. The summed E-state index contributed by atoms with van der Waals surface area (Å²) in [6.07, 6.45) is 1.23. The van der Waals surface area contributed by atoms with E-state index in [-0.39, 0.29) is 0 Å². The lowest BCUT2D eigenvalue weighted by molar-refractivity contribution is 0.191. The van der Waals surface area contributed by atoms with Crippen molar-refractivity contribution in [1.29, 1.82) is 0 Å². The third-order valence-electron chi connectivity index (χ3n) is 3.23. The Hall–Kier alpha value is -0.120. The molecule has 0 aromatic carbocycles. The molecule has 90 valence electrons. The van der Waals surface area contributed by atoms with Crippen molar-refractivity contribution < 1.29 is 0 Å². The molecule has 1 fully saturated rings. The molecule has 1 atom stereocenters. The standard InChI is InChI=1S/C12H27N3/c1-5-6-15-8-11(7-13)14(4)9-12(2,3)10-15/h11H,5-10,13H2,1-4H3. The summed E-state index contributed by atoms with van der Waals surface area (Å²) in [7, 11) is 2.20. The number of nitrogens with zero attached hydrogens (tertiary/aromatic N) is 2. The van der Waals surface area contributed by atoms with Crippen LogP contribution in [0.2, 0.25) is 0 Å². The number of nitrogens with two attached hydrogens (primary N) is 1. The van der Waals surface area contributed by atoms with Crippen LogP contribution in [-0.2, 0) is 0 Å². The van der Waals surface area contributed by atoms with Crippen LogP contribution in [0, 0.1) is 5.41 Å². The summed E-state index contributed by atoms with van der Waals surface area (Å²) in [6.45, 7) is 12.4. The predicted octanol–water partition coefficient (Wildman–Crippen LogP) is 0.997. The quantitative estimate of drug-likeness (QED) is 0.759. The molecule has 0 aromatic heterocycles. The van der Waals surface area contributed by atoms with Crippen molar-refractivity contribution in [3.63, 3.8) is 0 Å². The van der Waals surface area contributed by atoms with Gasteiger partial charge in [-0.2, -0.15) is 0 Å². The Morgan fingerprint density at radius 3 is 2.53 bits per heavy atom. The molecule has 0 spiro atoms. The average Bonchev–Trinajstić information content (AvgIpc) is 2.21. The van der Waals surface area contributed by atoms with Crippen LogP contribution in [0.1, 0.15) is 27.2 Å². The molecule has 1 rings (SSSR count). The molecule has 0 radical (unpaired) electrons. The molecular weight excluding hydrogens is 186 g/mol. The first-order valence-electron chi connectivity index (χ1n) is 6.11. The van der Waals surface area contributed by atoms with Crippen molar-refractivity contribution in [2.75, 3.05) is 39.8 Å². The molecule has 15 heavy (non-hydrogen) atoms. The van der Waals surface area contributed by atoms with Crippen molar-refractivity contribution in [1.82, 2.24) is 9.80 Å². The highest BCUT2D eigenvalue weighted by molar-refractivity contribution is 4.86. The minimum Gasteiger partial charge on any atom is -0.329 e. The average molecular weight is 213 g/mol. The van der Waals surface area contributed by atoms with Gasteiger partial charge >= 0.3 is 0 Å². The van der Waals surface area contributed by atoms with E-state index >= 15 is 0 Å².